The number of sulfone groups is 1. The van der Waals surface area contributed by atoms with Crippen LogP contribution in [0.5, 0.6) is 0 Å². The number of thiophene rings is 1. The molecule has 9 heteroatoms. The Bertz CT molecular complexity index is 1530. The maximum atomic E-state index is 14.0. The normalized spacial score (nSPS) is 13.4. The SMILES string of the molecule is O=C1NCCc2cc(-c3ccc(-c4cncc(CS(=O)(=O)c5ccc(F)cc5F)c4)s3)ccc21. The van der Waals surface area contributed by atoms with Gasteiger partial charge in [-0.25, -0.2) is 17.2 Å². The first-order valence-electron chi connectivity index (χ1n) is 10.4. The number of hydrogen-bond donors (Lipinski definition) is 1. The molecule has 1 amide bonds. The number of rotatable bonds is 5. The summed E-state index contributed by atoms with van der Waals surface area (Å²) in [6, 6.07) is 13.8. The molecule has 1 aliphatic rings. The third-order valence-corrected chi connectivity index (χ3v) is 8.48. The lowest BCUT2D eigenvalue weighted by Crippen LogP contribution is -2.31. The van der Waals surface area contributed by atoms with E-state index in [4.69, 9.17) is 0 Å². The summed E-state index contributed by atoms with van der Waals surface area (Å²) >= 11 is 1.53. The second-order valence-corrected chi connectivity index (χ2v) is 11.0. The van der Waals surface area contributed by atoms with Gasteiger partial charge in [-0.2, -0.15) is 0 Å². The summed E-state index contributed by atoms with van der Waals surface area (Å²) in [7, 11) is -4.02. The summed E-state index contributed by atoms with van der Waals surface area (Å²) in [6.07, 6.45) is 3.84. The van der Waals surface area contributed by atoms with E-state index in [9.17, 15) is 22.0 Å². The van der Waals surface area contributed by atoms with Crippen LogP contribution in [0.3, 0.4) is 0 Å². The van der Waals surface area contributed by atoms with E-state index in [0.717, 1.165) is 45.0 Å². The smallest absolute Gasteiger partial charge is 0.251 e. The van der Waals surface area contributed by atoms with Gasteiger partial charge in [0.25, 0.3) is 5.91 Å². The number of pyridine rings is 1. The number of carbonyl (C=O) groups is 1. The van der Waals surface area contributed by atoms with Crippen molar-refractivity contribution in [2.45, 2.75) is 17.1 Å². The first kappa shape index (κ1) is 22.4. The summed E-state index contributed by atoms with van der Waals surface area (Å²) in [5.74, 6) is -2.47. The van der Waals surface area contributed by atoms with Crippen LogP contribution in [-0.4, -0.2) is 25.9 Å². The van der Waals surface area contributed by atoms with Crippen LogP contribution >= 0.6 is 11.3 Å². The Morgan fingerprint density at radius 1 is 0.941 bits per heavy atom. The Hall–Kier alpha value is -3.43. The number of nitrogens with one attached hydrogen (secondary N) is 1. The Balaban J connectivity index is 1.41. The van der Waals surface area contributed by atoms with Crippen LogP contribution < -0.4 is 5.32 Å². The van der Waals surface area contributed by atoms with Gasteiger partial charge in [-0.1, -0.05) is 6.07 Å². The van der Waals surface area contributed by atoms with Crippen LogP contribution in [0.25, 0.3) is 20.9 Å². The van der Waals surface area contributed by atoms with Crippen LogP contribution in [0.1, 0.15) is 21.5 Å². The third kappa shape index (κ3) is 4.36. The molecule has 0 bridgehead atoms. The quantitative estimate of drug-likeness (QED) is 0.394. The molecular formula is C25H18F2N2O3S2. The van der Waals surface area contributed by atoms with E-state index < -0.39 is 32.1 Å². The van der Waals surface area contributed by atoms with Crippen molar-refractivity contribution < 1.29 is 22.0 Å². The summed E-state index contributed by atoms with van der Waals surface area (Å²) < 4.78 is 52.6. The van der Waals surface area contributed by atoms with Crippen LogP contribution in [0.2, 0.25) is 0 Å². The molecule has 0 radical (unpaired) electrons. The van der Waals surface area contributed by atoms with Crippen molar-refractivity contribution in [3.05, 3.63) is 95.3 Å². The van der Waals surface area contributed by atoms with Crippen LogP contribution in [0.4, 0.5) is 8.78 Å². The van der Waals surface area contributed by atoms with Gasteiger partial charge in [-0.05, 0) is 65.6 Å². The minimum atomic E-state index is -4.02. The van der Waals surface area contributed by atoms with E-state index >= 15 is 0 Å². The Kier molecular flexibility index (Phi) is 5.75. The molecule has 4 aromatic rings. The molecule has 2 aromatic heterocycles. The molecule has 1 aliphatic heterocycles. The molecule has 3 heterocycles. The zero-order valence-corrected chi connectivity index (χ0v) is 19.3. The topological polar surface area (TPSA) is 76.1 Å². The Morgan fingerprint density at radius 3 is 2.53 bits per heavy atom. The van der Waals surface area contributed by atoms with Gasteiger partial charge in [0.1, 0.15) is 16.5 Å². The highest BCUT2D eigenvalue weighted by Gasteiger charge is 2.21. The van der Waals surface area contributed by atoms with Gasteiger partial charge < -0.3 is 5.32 Å². The lowest BCUT2D eigenvalue weighted by molar-refractivity contribution is 0.0946. The van der Waals surface area contributed by atoms with Gasteiger partial charge in [0.05, 0.1) is 5.75 Å². The molecule has 5 rings (SSSR count). The van der Waals surface area contributed by atoms with Gasteiger partial charge in [0.15, 0.2) is 9.84 Å². The minimum Gasteiger partial charge on any atom is -0.352 e. The highest BCUT2D eigenvalue weighted by molar-refractivity contribution is 7.90. The predicted molar refractivity (Wildman–Crippen MR) is 126 cm³/mol. The zero-order valence-electron chi connectivity index (χ0n) is 17.7. The molecule has 0 unspecified atom stereocenters. The van der Waals surface area contributed by atoms with E-state index in [0.29, 0.717) is 23.7 Å². The number of amides is 1. The van der Waals surface area contributed by atoms with Gasteiger partial charge in [0, 0.05) is 45.9 Å². The molecule has 0 fully saturated rings. The van der Waals surface area contributed by atoms with Gasteiger partial charge in [0.2, 0.25) is 0 Å². The van der Waals surface area contributed by atoms with Crippen molar-refractivity contribution >= 4 is 27.1 Å². The maximum Gasteiger partial charge on any atom is 0.251 e. The van der Waals surface area contributed by atoms with Crippen LogP contribution in [0.15, 0.2) is 71.9 Å². The highest BCUT2D eigenvalue weighted by Crippen LogP contribution is 2.36. The molecule has 0 saturated heterocycles. The maximum absolute atomic E-state index is 14.0. The first-order chi connectivity index (χ1) is 16.3. The molecule has 0 atom stereocenters. The monoisotopic (exact) mass is 496 g/mol. The number of benzene rings is 2. The molecule has 2 aromatic carbocycles. The highest BCUT2D eigenvalue weighted by atomic mass is 32.2. The average molecular weight is 497 g/mol. The predicted octanol–water partition coefficient (Wildman–Crippen LogP) is 5.02. The zero-order chi connectivity index (χ0) is 23.9. The largest absolute Gasteiger partial charge is 0.352 e. The minimum absolute atomic E-state index is 0.0574. The van der Waals surface area contributed by atoms with Crippen molar-refractivity contribution in [2.75, 3.05) is 6.54 Å². The second-order valence-electron chi connectivity index (χ2n) is 7.96. The van der Waals surface area contributed by atoms with Crippen LogP contribution in [0, 0.1) is 11.6 Å². The summed E-state index contributed by atoms with van der Waals surface area (Å²) in [6.45, 7) is 0.619. The van der Waals surface area contributed by atoms with E-state index in [1.165, 1.54) is 17.5 Å². The standard InChI is InChI=1S/C25H18F2N2O3S2/c26-19-2-6-24(21(27)11-19)34(31,32)14-15-9-18(13-28-12-15)23-5-4-22(33-23)17-1-3-20-16(10-17)7-8-29-25(20)30/h1-6,9-13H,7-8,14H2,(H,29,30). The third-order valence-electron chi connectivity index (χ3n) is 5.59. The Labute approximate surface area is 199 Å². The number of nitrogens with zero attached hydrogens (tertiary/aromatic N) is 1. The molecule has 5 nitrogen and oxygen atoms in total. The second kappa shape index (κ2) is 8.73. The fourth-order valence-corrected chi connectivity index (χ4v) is 6.32. The summed E-state index contributed by atoms with van der Waals surface area (Å²) in [5.41, 5.74) is 3.85. The van der Waals surface area contributed by atoms with Gasteiger partial charge in [-0.15, -0.1) is 11.3 Å². The summed E-state index contributed by atoms with van der Waals surface area (Å²) in [5, 5.41) is 2.84. The van der Waals surface area contributed by atoms with Gasteiger partial charge in [-0.3, -0.25) is 9.78 Å². The molecule has 1 N–H and O–H groups in total. The number of aromatic nitrogens is 1. The molecule has 0 saturated carbocycles. The van der Waals surface area contributed by atoms with E-state index in [2.05, 4.69) is 10.3 Å². The van der Waals surface area contributed by atoms with E-state index in [1.54, 1.807) is 12.3 Å². The molecule has 172 valence electrons. The Morgan fingerprint density at radius 2 is 1.74 bits per heavy atom. The number of carbonyl (C=O) groups excluding carboxylic acids is 1. The molecule has 0 spiro atoms. The molecule has 34 heavy (non-hydrogen) atoms. The fraction of sp³-hybridized carbons (Fsp3) is 0.120. The van der Waals surface area contributed by atoms with Crippen molar-refractivity contribution in [1.29, 1.82) is 0 Å². The lowest BCUT2D eigenvalue weighted by atomic mass is 9.97. The van der Waals surface area contributed by atoms with Crippen molar-refractivity contribution in [1.82, 2.24) is 10.3 Å². The van der Waals surface area contributed by atoms with E-state index in [1.807, 2.05) is 30.3 Å². The van der Waals surface area contributed by atoms with Crippen molar-refractivity contribution in [2.24, 2.45) is 0 Å². The average Bonchev–Trinajstić information content (AvgIpc) is 3.29. The first-order valence-corrected chi connectivity index (χ1v) is 12.9. The summed E-state index contributed by atoms with van der Waals surface area (Å²) in [4.78, 5) is 17.5. The van der Waals surface area contributed by atoms with Crippen LogP contribution in [-0.2, 0) is 22.0 Å². The molecule has 0 aliphatic carbocycles. The van der Waals surface area contributed by atoms with E-state index in [-0.39, 0.29) is 5.91 Å². The lowest BCUT2D eigenvalue weighted by Gasteiger charge is -2.16. The van der Waals surface area contributed by atoms with Crippen molar-refractivity contribution in [3.63, 3.8) is 0 Å². The number of halogens is 2. The van der Waals surface area contributed by atoms with Crippen molar-refractivity contribution in [3.8, 4) is 20.9 Å². The fourth-order valence-electron chi connectivity index (χ4n) is 3.96. The molecular weight excluding hydrogens is 478 g/mol. The number of fused-ring (bicyclic) bond motifs is 1. The van der Waals surface area contributed by atoms with Gasteiger partial charge >= 0.3 is 0 Å². The number of hydrogen-bond acceptors (Lipinski definition) is 5.